The summed E-state index contributed by atoms with van der Waals surface area (Å²) in [5.74, 6) is -1.73. The number of carbonyl (C=O) groups excluding carboxylic acids is 2. The predicted molar refractivity (Wildman–Crippen MR) is 103 cm³/mol. The molecule has 0 spiro atoms. The van der Waals surface area contributed by atoms with Crippen LogP contribution in [0.25, 0.3) is 5.76 Å². The fourth-order valence-corrected chi connectivity index (χ4v) is 3.32. The van der Waals surface area contributed by atoms with E-state index >= 15 is 0 Å². The average Bonchev–Trinajstić information content (AvgIpc) is 2.97. The van der Waals surface area contributed by atoms with Crippen molar-refractivity contribution in [1.82, 2.24) is 4.90 Å². The van der Waals surface area contributed by atoms with Crippen molar-refractivity contribution < 1.29 is 19.6 Å². The quantitative estimate of drug-likeness (QED) is 0.270. The Morgan fingerprint density at radius 2 is 1.75 bits per heavy atom. The summed E-state index contributed by atoms with van der Waals surface area (Å²) < 4.78 is 0. The molecule has 2 aromatic rings. The van der Waals surface area contributed by atoms with Crippen molar-refractivity contribution in [2.75, 3.05) is 6.54 Å². The smallest absolute Gasteiger partial charge is 0.295 e. The molecule has 7 heteroatoms. The fraction of sp³-hybridized carbons (Fsp3) is 0.238. The van der Waals surface area contributed by atoms with Gasteiger partial charge >= 0.3 is 0 Å². The number of Topliss-reactive ketones (excluding diaryl/α,β-unsaturated/α-hetero) is 1. The molecule has 144 valence electrons. The number of amides is 1. The molecule has 0 radical (unpaired) electrons. The van der Waals surface area contributed by atoms with Crippen molar-refractivity contribution >= 4 is 23.1 Å². The van der Waals surface area contributed by atoms with Crippen molar-refractivity contribution in [3.05, 3.63) is 81.4 Å². The van der Waals surface area contributed by atoms with Crippen molar-refractivity contribution in [1.29, 1.82) is 0 Å². The van der Waals surface area contributed by atoms with Crippen molar-refractivity contribution in [3.63, 3.8) is 0 Å². The van der Waals surface area contributed by atoms with Crippen molar-refractivity contribution in [2.45, 2.75) is 25.8 Å². The first-order valence-corrected chi connectivity index (χ1v) is 9.04. The maximum Gasteiger partial charge on any atom is 0.295 e. The summed E-state index contributed by atoms with van der Waals surface area (Å²) in [7, 11) is 0. The highest BCUT2D eigenvalue weighted by molar-refractivity contribution is 6.46. The van der Waals surface area contributed by atoms with Gasteiger partial charge in [0.25, 0.3) is 17.4 Å². The van der Waals surface area contributed by atoms with E-state index in [-0.39, 0.29) is 22.6 Å². The molecule has 0 bridgehead atoms. The standard InChI is InChI=1S/C21H20N2O5/c1-2-3-13-22-18(14-7-5-4-6-8-14)17(20(25)21(22)26)19(24)15-9-11-16(12-10-15)23(27)28/h4-12,18,24H,2-3,13H2,1H3/b19-17+/t18-/m0/s1. The summed E-state index contributed by atoms with van der Waals surface area (Å²) in [5.41, 5.74) is 0.849. The second-order valence-corrected chi connectivity index (χ2v) is 6.56. The Labute approximate surface area is 162 Å². The van der Waals surface area contributed by atoms with E-state index in [1.54, 1.807) is 24.3 Å². The molecule has 28 heavy (non-hydrogen) atoms. The second-order valence-electron chi connectivity index (χ2n) is 6.56. The zero-order valence-electron chi connectivity index (χ0n) is 15.4. The van der Waals surface area contributed by atoms with Gasteiger partial charge in [0, 0.05) is 24.2 Å². The molecule has 1 aliphatic rings. The number of hydrogen-bond acceptors (Lipinski definition) is 5. The van der Waals surface area contributed by atoms with Gasteiger partial charge in [-0.1, -0.05) is 43.7 Å². The largest absolute Gasteiger partial charge is 0.507 e. The van der Waals surface area contributed by atoms with Gasteiger partial charge in [0.2, 0.25) is 0 Å². The molecule has 2 aromatic carbocycles. The summed E-state index contributed by atoms with van der Waals surface area (Å²) in [6.07, 6.45) is 1.58. The van der Waals surface area contributed by atoms with Gasteiger partial charge in [-0.25, -0.2) is 0 Å². The number of unbranched alkanes of at least 4 members (excludes halogenated alkanes) is 1. The number of nitro groups is 1. The summed E-state index contributed by atoms with van der Waals surface area (Å²) in [6, 6.07) is 13.6. The lowest BCUT2D eigenvalue weighted by atomic mass is 9.95. The highest BCUT2D eigenvalue weighted by Gasteiger charge is 2.45. The van der Waals surface area contributed by atoms with Crippen molar-refractivity contribution in [3.8, 4) is 0 Å². The van der Waals surface area contributed by atoms with E-state index in [0.717, 1.165) is 18.4 Å². The van der Waals surface area contributed by atoms with E-state index in [0.29, 0.717) is 6.54 Å². The van der Waals surface area contributed by atoms with Gasteiger partial charge in [0.05, 0.1) is 16.5 Å². The molecule has 1 heterocycles. The van der Waals surface area contributed by atoms with Crippen LogP contribution in [-0.2, 0) is 9.59 Å². The number of benzene rings is 2. The predicted octanol–water partition coefficient (Wildman–Crippen LogP) is 3.82. The molecule has 1 saturated heterocycles. The number of aliphatic hydroxyl groups is 1. The molecule has 0 unspecified atom stereocenters. The second kappa shape index (κ2) is 8.04. The first kappa shape index (κ1) is 19.3. The molecule has 1 N–H and O–H groups in total. The van der Waals surface area contributed by atoms with Gasteiger partial charge in [-0.2, -0.15) is 0 Å². The molecule has 1 fully saturated rings. The Morgan fingerprint density at radius 3 is 2.32 bits per heavy atom. The minimum absolute atomic E-state index is 0.00107. The number of nitrogens with zero attached hydrogens (tertiary/aromatic N) is 2. The molecule has 0 aromatic heterocycles. The Bertz CT molecular complexity index is 935. The number of rotatable bonds is 6. The monoisotopic (exact) mass is 380 g/mol. The molecule has 3 rings (SSSR count). The van der Waals surface area contributed by atoms with Crippen LogP contribution >= 0.6 is 0 Å². The first-order chi connectivity index (χ1) is 13.5. The van der Waals surface area contributed by atoms with Crippen LogP contribution in [0.3, 0.4) is 0 Å². The van der Waals surface area contributed by atoms with E-state index in [2.05, 4.69) is 0 Å². The van der Waals surface area contributed by atoms with Crippen LogP contribution in [-0.4, -0.2) is 33.2 Å². The van der Waals surface area contributed by atoms with Crippen LogP contribution in [0.4, 0.5) is 5.69 Å². The molecule has 7 nitrogen and oxygen atoms in total. The molecule has 0 saturated carbocycles. The van der Waals surface area contributed by atoms with Crippen LogP contribution < -0.4 is 0 Å². The van der Waals surface area contributed by atoms with Crippen LogP contribution in [0.5, 0.6) is 0 Å². The minimum Gasteiger partial charge on any atom is -0.507 e. The number of aliphatic hydroxyl groups excluding tert-OH is 1. The highest BCUT2D eigenvalue weighted by Crippen LogP contribution is 2.39. The van der Waals surface area contributed by atoms with E-state index in [9.17, 15) is 24.8 Å². The van der Waals surface area contributed by atoms with Crippen molar-refractivity contribution in [2.24, 2.45) is 0 Å². The fourth-order valence-electron chi connectivity index (χ4n) is 3.32. The lowest BCUT2D eigenvalue weighted by molar-refractivity contribution is -0.384. The minimum atomic E-state index is -0.749. The lowest BCUT2D eigenvalue weighted by Gasteiger charge is -2.25. The maximum atomic E-state index is 12.7. The van der Waals surface area contributed by atoms with Crippen LogP contribution in [0.15, 0.2) is 60.2 Å². The Kier molecular flexibility index (Phi) is 5.54. The number of non-ortho nitro benzene ring substituents is 1. The van der Waals surface area contributed by atoms with Crippen LogP contribution in [0.2, 0.25) is 0 Å². The van der Waals surface area contributed by atoms with E-state index in [4.69, 9.17) is 0 Å². The Hall–Kier alpha value is -3.48. The zero-order chi connectivity index (χ0) is 20.3. The highest BCUT2D eigenvalue weighted by atomic mass is 16.6. The SMILES string of the molecule is CCCCN1C(=O)C(=O)/C(=C(/O)c2ccc([N+](=O)[O-])cc2)[C@@H]1c1ccccc1. The number of likely N-dealkylation sites (tertiary alicyclic amines) is 1. The van der Waals surface area contributed by atoms with Crippen LogP contribution in [0.1, 0.15) is 36.9 Å². The maximum absolute atomic E-state index is 12.7. The van der Waals surface area contributed by atoms with Gasteiger partial charge in [-0.3, -0.25) is 19.7 Å². The van der Waals surface area contributed by atoms with Crippen LogP contribution in [0, 0.1) is 10.1 Å². The summed E-state index contributed by atoms with van der Waals surface area (Å²) >= 11 is 0. The molecule has 1 aliphatic heterocycles. The third kappa shape index (κ3) is 3.51. The van der Waals surface area contributed by atoms with E-state index < -0.39 is 22.7 Å². The molecule has 1 amide bonds. The summed E-state index contributed by atoms with van der Waals surface area (Å²) in [5, 5.41) is 21.7. The summed E-state index contributed by atoms with van der Waals surface area (Å²) in [4.78, 5) is 37.1. The summed E-state index contributed by atoms with van der Waals surface area (Å²) in [6.45, 7) is 2.39. The van der Waals surface area contributed by atoms with E-state index in [1.165, 1.54) is 29.2 Å². The van der Waals surface area contributed by atoms with E-state index in [1.807, 2.05) is 13.0 Å². The Balaban J connectivity index is 2.11. The molecular formula is C21H20N2O5. The van der Waals surface area contributed by atoms with Gasteiger partial charge < -0.3 is 10.0 Å². The molecule has 1 atom stereocenters. The average molecular weight is 380 g/mol. The van der Waals surface area contributed by atoms with Gasteiger partial charge in [0.1, 0.15) is 5.76 Å². The third-order valence-electron chi connectivity index (χ3n) is 4.76. The third-order valence-corrected chi connectivity index (χ3v) is 4.76. The number of hydrogen-bond donors (Lipinski definition) is 1. The Morgan fingerprint density at radius 1 is 1.11 bits per heavy atom. The number of nitro benzene ring substituents is 1. The first-order valence-electron chi connectivity index (χ1n) is 9.04. The van der Waals surface area contributed by atoms with Gasteiger partial charge in [0.15, 0.2) is 0 Å². The number of carbonyl (C=O) groups is 2. The topological polar surface area (TPSA) is 101 Å². The number of ketones is 1. The lowest BCUT2D eigenvalue weighted by Crippen LogP contribution is -2.30. The van der Waals surface area contributed by atoms with Gasteiger partial charge in [-0.05, 0) is 24.1 Å². The zero-order valence-corrected chi connectivity index (χ0v) is 15.4. The molecular weight excluding hydrogens is 360 g/mol. The van der Waals surface area contributed by atoms with Gasteiger partial charge in [-0.15, -0.1) is 0 Å². The normalized spacial score (nSPS) is 18.5. The molecule has 0 aliphatic carbocycles.